The molecule has 132 valence electrons. The molecular formula is C19H22N2O3S. The molecule has 0 spiro atoms. The van der Waals surface area contributed by atoms with Gasteiger partial charge in [0.25, 0.3) is 5.91 Å². The molecule has 3 aliphatic rings. The number of Topliss-reactive ketones (excluding diaryl/α,β-unsaturated/α-hetero) is 1. The Morgan fingerprint density at radius 3 is 2.84 bits per heavy atom. The molecule has 0 bridgehead atoms. The monoisotopic (exact) mass is 358 g/mol. The van der Waals surface area contributed by atoms with Crippen LogP contribution in [-0.2, 0) is 14.3 Å². The van der Waals surface area contributed by atoms with Crippen LogP contribution in [0.15, 0.2) is 40.1 Å². The summed E-state index contributed by atoms with van der Waals surface area (Å²) in [6.45, 7) is 4.31. The number of carbonyl (C=O) groups excluding carboxylic acids is 2. The van der Waals surface area contributed by atoms with Crippen molar-refractivity contribution < 1.29 is 14.3 Å². The van der Waals surface area contributed by atoms with Crippen molar-refractivity contribution in [3.8, 4) is 0 Å². The van der Waals surface area contributed by atoms with Crippen LogP contribution in [0.5, 0.6) is 0 Å². The highest BCUT2D eigenvalue weighted by atomic mass is 32.1. The Balaban J connectivity index is 1.78. The van der Waals surface area contributed by atoms with Gasteiger partial charge < -0.3 is 15.0 Å². The Morgan fingerprint density at radius 1 is 1.32 bits per heavy atom. The highest BCUT2D eigenvalue weighted by Gasteiger charge is 2.40. The van der Waals surface area contributed by atoms with Gasteiger partial charge in [-0.25, -0.2) is 0 Å². The third-order valence-electron chi connectivity index (χ3n) is 5.13. The Hall–Kier alpha value is -1.92. The predicted octanol–water partition coefficient (Wildman–Crippen LogP) is 2.57. The number of hydrogen-bond acceptors (Lipinski definition) is 5. The molecule has 4 rings (SSSR count). The minimum Gasteiger partial charge on any atom is -0.378 e. The van der Waals surface area contributed by atoms with Crippen LogP contribution in [0.3, 0.4) is 0 Å². The van der Waals surface area contributed by atoms with Gasteiger partial charge in [-0.2, -0.15) is 0 Å². The summed E-state index contributed by atoms with van der Waals surface area (Å²) in [6.07, 6.45) is 2.32. The van der Waals surface area contributed by atoms with Crippen LogP contribution in [0, 0.1) is 0 Å². The number of nitrogens with one attached hydrogen (secondary N) is 1. The number of allylic oxidation sites excluding steroid dienone is 3. The Kier molecular flexibility index (Phi) is 4.48. The molecule has 0 radical (unpaired) electrons. The molecular weight excluding hydrogens is 336 g/mol. The molecule has 1 amide bonds. The van der Waals surface area contributed by atoms with E-state index in [2.05, 4.69) is 5.32 Å². The van der Waals surface area contributed by atoms with Crippen molar-refractivity contribution in [2.45, 2.75) is 32.1 Å². The van der Waals surface area contributed by atoms with E-state index in [4.69, 9.17) is 4.74 Å². The number of thiophene rings is 1. The number of hydrogen-bond donors (Lipinski definition) is 1. The molecule has 6 heteroatoms. The van der Waals surface area contributed by atoms with Gasteiger partial charge in [0.2, 0.25) is 0 Å². The van der Waals surface area contributed by atoms with E-state index in [1.54, 1.807) is 11.3 Å². The first-order valence-corrected chi connectivity index (χ1v) is 9.69. The normalized spacial score (nSPS) is 24.3. The van der Waals surface area contributed by atoms with Gasteiger partial charge in [0.15, 0.2) is 5.78 Å². The first-order valence-electron chi connectivity index (χ1n) is 8.81. The van der Waals surface area contributed by atoms with Gasteiger partial charge in [-0.15, -0.1) is 11.3 Å². The van der Waals surface area contributed by atoms with E-state index in [0.717, 1.165) is 40.3 Å². The quantitative estimate of drug-likeness (QED) is 0.883. The van der Waals surface area contributed by atoms with Crippen molar-refractivity contribution in [2.24, 2.45) is 0 Å². The largest absolute Gasteiger partial charge is 0.378 e. The van der Waals surface area contributed by atoms with Crippen molar-refractivity contribution in [1.29, 1.82) is 0 Å². The van der Waals surface area contributed by atoms with E-state index in [1.807, 2.05) is 29.3 Å². The van der Waals surface area contributed by atoms with E-state index in [-0.39, 0.29) is 17.6 Å². The topological polar surface area (TPSA) is 58.6 Å². The molecule has 1 fully saturated rings. The molecule has 25 heavy (non-hydrogen) atoms. The number of nitrogens with zero attached hydrogens (tertiary/aromatic N) is 1. The van der Waals surface area contributed by atoms with Crippen molar-refractivity contribution in [3.63, 3.8) is 0 Å². The molecule has 0 aromatic carbocycles. The van der Waals surface area contributed by atoms with E-state index in [0.29, 0.717) is 32.7 Å². The molecule has 0 saturated carbocycles. The molecule has 1 atom stereocenters. The Bertz CT molecular complexity index is 758. The lowest BCUT2D eigenvalue weighted by Crippen LogP contribution is -2.44. The summed E-state index contributed by atoms with van der Waals surface area (Å²) in [4.78, 5) is 28.9. The summed E-state index contributed by atoms with van der Waals surface area (Å²) in [6, 6.07) is 4.02. The van der Waals surface area contributed by atoms with Gasteiger partial charge in [0.05, 0.1) is 19.1 Å². The number of amides is 1. The van der Waals surface area contributed by atoms with Crippen LogP contribution in [0.2, 0.25) is 0 Å². The maximum atomic E-state index is 13.3. The van der Waals surface area contributed by atoms with Crippen molar-refractivity contribution in [3.05, 3.63) is 44.9 Å². The second-order valence-corrected chi connectivity index (χ2v) is 7.66. The molecule has 5 nitrogen and oxygen atoms in total. The number of rotatable bonds is 2. The lowest BCUT2D eigenvalue weighted by molar-refractivity contribution is -0.131. The van der Waals surface area contributed by atoms with Gasteiger partial charge in [0.1, 0.15) is 0 Å². The average Bonchev–Trinajstić information content (AvgIpc) is 3.15. The zero-order valence-electron chi connectivity index (χ0n) is 14.3. The smallest absolute Gasteiger partial charge is 0.252 e. The summed E-state index contributed by atoms with van der Waals surface area (Å²) in [7, 11) is 0. The van der Waals surface area contributed by atoms with Crippen molar-refractivity contribution in [2.75, 3.05) is 26.3 Å². The first kappa shape index (κ1) is 16.5. The predicted molar refractivity (Wildman–Crippen MR) is 96.2 cm³/mol. The number of carbonyl (C=O) groups is 2. The van der Waals surface area contributed by atoms with Crippen LogP contribution >= 0.6 is 11.3 Å². The van der Waals surface area contributed by atoms with Crippen molar-refractivity contribution in [1.82, 2.24) is 10.2 Å². The fourth-order valence-electron chi connectivity index (χ4n) is 3.94. The van der Waals surface area contributed by atoms with Crippen LogP contribution in [0.1, 0.15) is 37.0 Å². The first-order chi connectivity index (χ1) is 12.2. The Labute approximate surface area is 151 Å². The summed E-state index contributed by atoms with van der Waals surface area (Å²) in [5.41, 5.74) is 3.41. The minimum absolute atomic E-state index is 0.0247. The van der Waals surface area contributed by atoms with Crippen LogP contribution < -0.4 is 5.32 Å². The summed E-state index contributed by atoms with van der Waals surface area (Å²) in [5.74, 6) is -0.0389. The second kappa shape index (κ2) is 6.77. The maximum absolute atomic E-state index is 13.3. The third-order valence-corrected chi connectivity index (χ3v) is 6.07. The van der Waals surface area contributed by atoms with E-state index < -0.39 is 0 Å². The molecule has 1 aliphatic carbocycles. The highest BCUT2D eigenvalue weighted by molar-refractivity contribution is 7.10. The lowest BCUT2D eigenvalue weighted by Gasteiger charge is -2.36. The van der Waals surface area contributed by atoms with Gasteiger partial charge in [-0.1, -0.05) is 6.07 Å². The standard InChI is InChI=1S/C19H22N2O3S/c1-12-16(19(23)21-7-9-24-10-8-21)18(15-6-3-11-25-15)17-13(20-12)4-2-5-14(17)22/h3,6,11,18,20H,2,4-5,7-10H2,1H3/t18-/m0/s1. The number of ether oxygens (including phenoxy) is 1. The molecule has 2 aliphatic heterocycles. The zero-order chi connectivity index (χ0) is 17.4. The van der Waals surface area contributed by atoms with E-state index >= 15 is 0 Å². The minimum atomic E-state index is -0.237. The second-order valence-electron chi connectivity index (χ2n) is 6.69. The van der Waals surface area contributed by atoms with Crippen LogP contribution in [-0.4, -0.2) is 42.9 Å². The van der Waals surface area contributed by atoms with Gasteiger partial charge >= 0.3 is 0 Å². The fourth-order valence-corrected chi connectivity index (χ4v) is 4.79. The lowest BCUT2D eigenvalue weighted by atomic mass is 9.77. The Morgan fingerprint density at radius 2 is 2.12 bits per heavy atom. The molecule has 3 heterocycles. The van der Waals surface area contributed by atoms with E-state index in [1.165, 1.54) is 0 Å². The van der Waals surface area contributed by atoms with Crippen LogP contribution in [0.4, 0.5) is 0 Å². The number of morpholine rings is 1. The summed E-state index contributed by atoms with van der Waals surface area (Å²) < 4.78 is 5.38. The van der Waals surface area contributed by atoms with Gasteiger partial charge in [-0.3, -0.25) is 9.59 Å². The van der Waals surface area contributed by atoms with Crippen LogP contribution in [0.25, 0.3) is 0 Å². The van der Waals surface area contributed by atoms with E-state index in [9.17, 15) is 9.59 Å². The average molecular weight is 358 g/mol. The number of ketones is 1. The zero-order valence-corrected chi connectivity index (χ0v) is 15.2. The molecule has 1 N–H and O–H groups in total. The maximum Gasteiger partial charge on any atom is 0.252 e. The summed E-state index contributed by atoms with van der Waals surface area (Å²) in [5, 5.41) is 5.39. The third kappa shape index (κ3) is 2.93. The molecule has 1 saturated heterocycles. The summed E-state index contributed by atoms with van der Waals surface area (Å²) >= 11 is 1.61. The highest BCUT2D eigenvalue weighted by Crippen LogP contribution is 2.44. The van der Waals surface area contributed by atoms with Crippen molar-refractivity contribution >= 4 is 23.0 Å². The molecule has 1 aromatic heterocycles. The molecule has 1 aromatic rings. The molecule has 0 unspecified atom stereocenters. The number of dihydropyridines is 1. The SMILES string of the molecule is CC1=C(C(=O)N2CCOCC2)[C@H](c2cccs2)C2=C(CCCC2=O)N1. The fraction of sp³-hybridized carbons (Fsp3) is 0.474. The van der Waals surface area contributed by atoms with Gasteiger partial charge in [0, 0.05) is 46.9 Å². The van der Waals surface area contributed by atoms with Gasteiger partial charge in [-0.05, 0) is 31.2 Å².